The molecule has 0 aromatic rings. The van der Waals surface area contributed by atoms with Crippen LogP contribution in [-0.2, 0) is 4.74 Å². The average Bonchev–Trinajstić information content (AvgIpc) is 2.26. The fourth-order valence-electron chi connectivity index (χ4n) is 2.34. The van der Waals surface area contributed by atoms with Gasteiger partial charge in [0, 0.05) is 52.4 Å². The van der Waals surface area contributed by atoms with Gasteiger partial charge in [-0.2, -0.15) is 0 Å². The third-order valence-electron chi connectivity index (χ3n) is 3.18. The Hall–Kier alpha value is -0.160. The maximum atomic E-state index is 5.77. The first-order valence-electron chi connectivity index (χ1n) is 6.32. The average molecular weight is 229 g/mol. The molecule has 1 unspecified atom stereocenters. The van der Waals surface area contributed by atoms with Crippen molar-refractivity contribution in [3.8, 4) is 0 Å². The molecule has 4 nitrogen and oxygen atoms in total. The van der Waals surface area contributed by atoms with Crippen LogP contribution in [0.2, 0.25) is 0 Å². The molecule has 0 bridgehead atoms. The van der Waals surface area contributed by atoms with Crippen LogP contribution >= 0.6 is 0 Å². The predicted octanol–water partition coefficient (Wildman–Crippen LogP) is 0.234. The van der Waals surface area contributed by atoms with Gasteiger partial charge < -0.3 is 15.4 Å². The zero-order valence-corrected chi connectivity index (χ0v) is 11.0. The molecule has 0 aromatic carbocycles. The van der Waals surface area contributed by atoms with Gasteiger partial charge in [-0.25, -0.2) is 0 Å². The van der Waals surface area contributed by atoms with Crippen LogP contribution in [0.25, 0.3) is 0 Å². The van der Waals surface area contributed by atoms with Gasteiger partial charge in [0.05, 0.1) is 6.61 Å². The molecule has 0 aromatic heterocycles. The minimum Gasteiger partial charge on any atom is -0.383 e. The standard InChI is InChI=1S/C12H27N3O/c1-11(2)9-14-4-6-15(7-5-14)12(8-13)10-16-3/h11-12H,4-10,13H2,1-3H3. The number of methoxy groups -OCH3 is 1. The van der Waals surface area contributed by atoms with E-state index in [-0.39, 0.29) is 0 Å². The summed E-state index contributed by atoms with van der Waals surface area (Å²) in [7, 11) is 1.75. The quantitative estimate of drug-likeness (QED) is 0.708. The maximum absolute atomic E-state index is 5.77. The fourth-order valence-corrected chi connectivity index (χ4v) is 2.34. The van der Waals surface area contributed by atoms with Gasteiger partial charge in [0.2, 0.25) is 0 Å². The van der Waals surface area contributed by atoms with Crippen molar-refractivity contribution in [3.63, 3.8) is 0 Å². The Morgan fingerprint density at radius 3 is 2.25 bits per heavy atom. The zero-order chi connectivity index (χ0) is 12.0. The summed E-state index contributed by atoms with van der Waals surface area (Å²) >= 11 is 0. The summed E-state index contributed by atoms with van der Waals surface area (Å²) in [6.45, 7) is 11.8. The van der Waals surface area contributed by atoms with Crippen LogP contribution in [0, 0.1) is 5.92 Å². The molecule has 1 aliphatic rings. The Morgan fingerprint density at radius 1 is 1.19 bits per heavy atom. The summed E-state index contributed by atoms with van der Waals surface area (Å²) in [6, 6.07) is 0.395. The van der Waals surface area contributed by atoms with Crippen LogP contribution in [0.4, 0.5) is 0 Å². The van der Waals surface area contributed by atoms with Crippen molar-refractivity contribution in [1.29, 1.82) is 0 Å². The SMILES string of the molecule is COCC(CN)N1CCN(CC(C)C)CC1. The van der Waals surface area contributed by atoms with Gasteiger partial charge in [-0.1, -0.05) is 13.8 Å². The molecule has 1 saturated heterocycles. The lowest BCUT2D eigenvalue weighted by atomic mass is 10.1. The number of hydrogen-bond acceptors (Lipinski definition) is 4. The predicted molar refractivity (Wildman–Crippen MR) is 67.6 cm³/mol. The van der Waals surface area contributed by atoms with E-state index < -0.39 is 0 Å². The van der Waals surface area contributed by atoms with Gasteiger partial charge >= 0.3 is 0 Å². The largest absolute Gasteiger partial charge is 0.383 e. The molecule has 0 spiro atoms. The zero-order valence-electron chi connectivity index (χ0n) is 11.0. The fraction of sp³-hybridized carbons (Fsp3) is 1.00. The summed E-state index contributed by atoms with van der Waals surface area (Å²) < 4.78 is 5.20. The van der Waals surface area contributed by atoms with E-state index in [0.717, 1.165) is 25.6 Å². The van der Waals surface area contributed by atoms with Gasteiger partial charge in [0.25, 0.3) is 0 Å². The molecule has 96 valence electrons. The highest BCUT2D eigenvalue weighted by molar-refractivity contribution is 4.79. The lowest BCUT2D eigenvalue weighted by molar-refractivity contribution is 0.0498. The third-order valence-corrected chi connectivity index (χ3v) is 3.18. The summed E-state index contributed by atoms with van der Waals surface area (Å²) in [5.74, 6) is 0.760. The first-order chi connectivity index (χ1) is 7.67. The molecule has 2 N–H and O–H groups in total. The minimum atomic E-state index is 0.395. The first kappa shape index (κ1) is 13.9. The van der Waals surface area contributed by atoms with E-state index in [1.54, 1.807) is 7.11 Å². The summed E-state index contributed by atoms with van der Waals surface area (Å²) in [5, 5.41) is 0. The van der Waals surface area contributed by atoms with Crippen molar-refractivity contribution in [2.45, 2.75) is 19.9 Å². The molecular weight excluding hydrogens is 202 g/mol. The Bertz CT molecular complexity index is 179. The molecule has 1 atom stereocenters. The smallest absolute Gasteiger partial charge is 0.0630 e. The van der Waals surface area contributed by atoms with E-state index in [9.17, 15) is 0 Å². The lowest BCUT2D eigenvalue weighted by Gasteiger charge is -2.39. The summed E-state index contributed by atoms with van der Waals surface area (Å²) in [4.78, 5) is 5.00. The second-order valence-corrected chi connectivity index (χ2v) is 5.08. The summed E-state index contributed by atoms with van der Waals surface area (Å²) in [5.41, 5.74) is 5.77. The Morgan fingerprint density at radius 2 is 1.81 bits per heavy atom. The molecule has 0 amide bonds. The molecule has 1 rings (SSSR count). The highest BCUT2D eigenvalue weighted by Gasteiger charge is 2.22. The number of hydrogen-bond donors (Lipinski definition) is 1. The third kappa shape index (κ3) is 4.37. The van der Waals surface area contributed by atoms with Crippen molar-refractivity contribution < 1.29 is 4.74 Å². The van der Waals surface area contributed by atoms with Crippen LogP contribution in [0.15, 0.2) is 0 Å². The Labute approximate surface area is 99.7 Å². The van der Waals surface area contributed by atoms with Crippen LogP contribution in [0.1, 0.15) is 13.8 Å². The molecule has 0 radical (unpaired) electrons. The van der Waals surface area contributed by atoms with Crippen LogP contribution < -0.4 is 5.73 Å². The van der Waals surface area contributed by atoms with E-state index in [2.05, 4.69) is 23.6 Å². The second-order valence-electron chi connectivity index (χ2n) is 5.08. The van der Waals surface area contributed by atoms with Gasteiger partial charge in [-0.05, 0) is 5.92 Å². The number of piperazine rings is 1. The van der Waals surface area contributed by atoms with Crippen molar-refractivity contribution in [2.75, 3.05) is 53.0 Å². The Balaban J connectivity index is 2.29. The minimum absolute atomic E-state index is 0.395. The first-order valence-corrected chi connectivity index (χ1v) is 6.32. The molecule has 1 heterocycles. The molecule has 1 aliphatic heterocycles. The van der Waals surface area contributed by atoms with Gasteiger partial charge in [-0.15, -0.1) is 0 Å². The molecule has 1 fully saturated rings. The molecule has 0 saturated carbocycles. The molecule has 4 heteroatoms. The van der Waals surface area contributed by atoms with Gasteiger partial charge in [-0.3, -0.25) is 4.90 Å². The Kier molecular flexibility index (Phi) is 6.28. The van der Waals surface area contributed by atoms with E-state index in [4.69, 9.17) is 10.5 Å². The van der Waals surface area contributed by atoms with Gasteiger partial charge in [0.1, 0.15) is 0 Å². The molecule has 0 aliphatic carbocycles. The van der Waals surface area contributed by atoms with Crippen LogP contribution in [-0.4, -0.2) is 68.8 Å². The normalized spacial score (nSPS) is 21.6. The highest BCUT2D eigenvalue weighted by atomic mass is 16.5. The molecular formula is C12H27N3O. The second kappa shape index (κ2) is 7.22. The number of rotatable bonds is 6. The van der Waals surface area contributed by atoms with E-state index >= 15 is 0 Å². The van der Waals surface area contributed by atoms with Crippen molar-refractivity contribution in [3.05, 3.63) is 0 Å². The van der Waals surface area contributed by atoms with Crippen LogP contribution in [0.5, 0.6) is 0 Å². The lowest BCUT2D eigenvalue weighted by Crippen LogP contribution is -2.54. The number of nitrogens with two attached hydrogens (primary N) is 1. The van der Waals surface area contributed by atoms with Gasteiger partial charge in [0.15, 0.2) is 0 Å². The van der Waals surface area contributed by atoms with E-state index in [1.807, 2.05) is 0 Å². The number of nitrogens with zero attached hydrogens (tertiary/aromatic N) is 2. The van der Waals surface area contributed by atoms with Crippen LogP contribution in [0.3, 0.4) is 0 Å². The topological polar surface area (TPSA) is 41.7 Å². The van der Waals surface area contributed by atoms with Crippen molar-refractivity contribution >= 4 is 0 Å². The molecule has 16 heavy (non-hydrogen) atoms. The van der Waals surface area contributed by atoms with E-state index in [1.165, 1.54) is 19.6 Å². The highest BCUT2D eigenvalue weighted by Crippen LogP contribution is 2.08. The monoisotopic (exact) mass is 229 g/mol. The van der Waals surface area contributed by atoms with Crippen molar-refractivity contribution in [2.24, 2.45) is 11.7 Å². The van der Waals surface area contributed by atoms with E-state index in [0.29, 0.717) is 12.6 Å². The maximum Gasteiger partial charge on any atom is 0.0630 e. The number of ether oxygens (including phenoxy) is 1. The summed E-state index contributed by atoms with van der Waals surface area (Å²) in [6.07, 6.45) is 0. The van der Waals surface area contributed by atoms with Crippen molar-refractivity contribution in [1.82, 2.24) is 9.80 Å².